The summed E-state index contributed by atoms with van der Waals surface area (Å²) in [5, 5.41) is 2.12. The summed E-state index contributed by atoms with van der Waals surface area (Å²) >= 11 is 5.59. The lowest BCUT2D eigenvalue weighted by molar-refractivity contribution is -0.124. The molecule has 0 aromatic heterocycles. The Hall–Kier alpha value is -1.73. The third-order valence-electron chi connectivity index (χ3n) is 2.19. The second kappa shape index (κ2) is 7.76. The van der Waals surface area contributed by atoms with E-state index in [9.17, 15) is 18.4 Å². The lowest BCUT2D eigenvalue weighted by Gasteiger charge is -2.07. The Morgan fingerprint density at radius 3 is 2.60 bits per heavy atom. The van der Waals surface area contributed by atoms with E-state index in [2.05, 4.69) is 10.1 Å². The third kappa shape index (κ3) is 4.75. The van der Waals surface area contributed by atoms with Crippen molar-refractivity contribution in [2.24, 2.45) is 0 Å². The van der Waals surface area contributed by atoms with Crippen molar-refractivity contribution in [1.29, 1.82) is 0 Å². The van der Waals surface area contributed by atoms with Gasteiger partial charge < -0.3 is 14.8 Å². The summed E-state index contributed by atoms with van der Waals surface area (Å²) in [6.45, 7) is 0.0192. The van der Waals surface area contributed by atoms with Crippen LogP contribution in [0.1, 0.15) is 10.4 Å². The average Bonchev–Trinajstić information content (AvgIpc) is 2.40. The molecule has 1 amide bonds. The maximum absolute atomic E-state index is 13.0. The number of nitrogens with one attached hydrogen (secondary N) is 1. The molecule has 0 saturated carbocycles. The molecule has 0 aliphatic carbocycles. The van der Waals surface area contributed by atoms with Crippen molar-refractivity contribution in [2.45, 2.75) is 0 Å². The van der Waals surface area contributed by atoms with Crippen LogP contribution in [0.15, 0.2) is 12.1 Å². The second-order valence-electron chi connectivity index (χ2n) is 3.67. The number of carbonyl (C=O) groups is 2. The first kappa shape index (κ1) is 16.3. The van der Waals surface area contributed by atoms with Crippen molar-refractivity contribution in [3.63, 3.8) is 0 Å². The fourth-order valence-corrected chi connectivity index (χ4v) is 1.46. The molecule has 0 unspecified atom stereocenters. The zero-order valence-corrected chi connectivity index (χ0v) is 11.3. The molecule has 20 heavy (non-hydrogen) atoms. The van der Waals surface area contributed by atoms with Crippen molar-refractivity contribution < 1.29 is 27.8 Å². The molecular weight excluding hydrogens is 296 g/mol. The van der Waals surface area contributed by atoms with Crippen LogP contribution in [0.25, 0.3) is 0 Å². The summed E-state index contributed by atoms with van der Waals surface area (Å²) in [6.07, 6.45) is 0. The number of carbonyl (C=O) groups excluding carboxylic acids is 2. The van der Waals surface area contributed by atoms with E-state index >= 15 is 0 Å². The monoisotopic (exact) mass is 307 g/mol. The van der Waals surface area contributed by atoms with Gasteiger partial charge in [0, 0.05) is 13.7 Å². The van der Waals surface area contributed by atoms with Crippen molar-refractivity contribution in [3.05, 3.63) is 34.4 Å². The Labute approximate surface area is 118 Å². The van der Waals surface area contributed by atoms with Gasteiger partial charge in [-0.15, -0.1) is 0 Å². The predicted molar refractivity (Wildman–Crippen MR) is 66.5 cm³/mol. The van der Waals surface area contributed by atoms with Gasteiger partial charge in [-0.25, -0.2) is 13.6 Å². The number of ether oxygens (including phenoxy) is 2. The zero-order valence-electron chi connectivity index (χ0n) is 10.5. The van der Waals surface area contributed by atoms with Gasteiger partial charge in [0.2, 0.25) is 0 Å². The molecular formula is C12H12ClF2NO4. The van der Waals surface area contributed by atoms with E-state index in [4.69, 9.17) is 16.3 Å². The number of methoxy groups -OCH3 is 1. The molecule has 0 radical (unpaired) electrons. The quantitative estimate of drug-likeness (QED) is 0.492. The van der Waals surface area contributed by atoms with Gasteiger partial charge in [-0.2, -0.15) is 0 Å². The van der Waals surface area contributed by atoms with Crippen molar-refractivity contribution in [3.8, 4) is 0 Å². The smallest absolute Gasteiger partial charge is 0.340 e. The lowest BCUT2D eigenvalue weighted by Crippen LogP contribution is -2.31. The first-order chi connectivity index (χ1) is 9.45. The predicted octanol–water partition coefficient (Wildman–Crippen LogP) is 1.54. The fourth-order valence-electron chi connectivity index (χ4n) is 1.23. The molecule has 0 spiro atoms. The maximum atomic E-state index is 13.0. The number of amides is 1. The van der Waals surface area contributed by atoms with E-state index in [1.165, 1.54) is 7.11 Å². The van der Waals surface area contributed by atoms with Crippen LogP contribution in [0, 0.1) is 11.6 Å². The van der Waals surface area contributed by atoms with Gasteiger partial charge >= 0.3 is 5.97 Å². The lowest BCUT2D eigenvalue weighted by atomic mass is 10.2. The van der Waals surface area contributed by atoms with Crippen LogP contribution in [-0.2, 0) is 14.3 Å². The van der Waals surface area contributed by atoms with Gasteiger partial charge in [0.1, 0.15) is 0 Å². The van der Waals surface area contributed by atoms with E-state index in [0.717, 1.165) is 0 Å². The van der Waals surface area contributed by atoms with Crippen LogP contribution >= 0.6 is 11.6 Å². The number of rotatable bonds is 6. The molecule has 0 bridgehead atoms. The van der Waals surface area contributed by atoms with Gasteiger partial charge in [0.05, 0.1) is 17.2 Å². The average molecular weight is 308 g/mol. The minimum absolute atomic E-state index is 0.263. The van der Waals surface area contributed by atoms with Gasteiger partial charge in [-0.05, 0) is 12.1 Å². The molecule has 0 aliphatic heterocycles. The van der Waals surface area contributed by atoms with Crippen molar-refractivity contribution >= 4 is 23.5 Å². The Balaban J connectivity index is 2.55. The summed E-state index contributed by atoms with van der Waals surface area (Å²) in [4.78, 5) is 22.8. The summed E-state index contributed by atoms with van der Waals surface area (Å²) in [6, 6.07) is 1.27. The highest BCUT2D eigenvalue weighted by Crippen LogP contribution is 2.20. The highest BCUT2D eigenvalue weighted by molar-refractivity contribution is 6.33. The first-order valence-corrected chi connectivity index (χ1v) is 5.90. The molecule has 1 aromatic carbocycles. The molecule has 0 heterocycles. The number of hydrogen-bond acceptors (Lipinski definition) is 4. The first-order valence-electron chi connectivity index (χ1n) is 5.53. The Morgan fingerprint density at radius 1 is 1.30 bits per heavy atom. The molecule has 8 heteroatoms. The Kier molecular flexibility index (Phi) is 6.33. The number of halogens is 3. The molecule has 1 rings (SSSR count). The van der Waals surface area contributed by atoms with Crippen LogP contribution in [0.5, 0.6) is 0 Å². The van der Waals surface area contributed by atoms with Crippen LogP contribution in [0.2, 0.25) is 5.02 Å². The summed E-state index contributed by atoms with van der Waals surface area (Å²) in [5.41, 5.74) is -0.352. The molecule has 0 aliphatic rings. The minimum Gasteiger partial charge on any atom is -0.452 e. The van der Waals surface area contributed by atoms with Crippen LogP contribution in [0.4, 0.5) is 8.78 Å². The highest BCUT2D eigenvalue weighted by atomic mass is 35.5. The summed E-state index contributed by atoms with van der Waals surface area (Å²) in [7, 11) is 1.47. The standard InChI is InChI=1S/C12H12ClF2NO4/c1-19-3-2-16-11(17)6-20-12(18)7-4-9(14)10(15)5-8(7)13/h4-5H,2-3,6H2,1H3,(H,16,17). The van der Waals surface area contributed by atoms with Crippen molar-refractivity contribution in [2.75, 3.05) is 26.9 Å². The Morgan fingerprint density at radius 2 is 1.95 bits per heavy atom. The molecule has 0 fully saturated rings. The normalized spacial score (nSPS) is 10.2. The summed E-state index contributed by atoms with van der Waals surface area (Å²) < 4.78 is 35.2. The third-order valence-corrected chi connectivity index (χ3v) is 2.51. The van der Waals surface area contributed by atoms with E-state index in [1.807, 2.05) is 0 Å². The van der Waals surface area contributed by atoms with Crippen LogP contribution in [0.3, 0.4) is 0 Å². The van der Waals surface area contributed by atoms with E-state index in [1.54, 1.807) is 0 Å². The van der Waals surface area contributed by atoms with Crippen LogP contribution in [-0.4, -0.2) is 38.7 Å². The van der Waals surface area contributed by atoms with Gasteiger partial charge in [0.25, 0.3) is 5.91 Å². The minimum atomic E-state index is -1.23. The second-order valence-corrected chi connectivity index (χ2v) is 4.07. The topological polar surface area (TPSA) is 64.6 Å². The SMILES string of the molecule is COCCNC(=O)COC(=O)c1cc(F)c(F)cc1Cl. The molecule has 1 aromatic rings. The molecule has 0 saturated heterocycles. The molecule has 1 N–H and O–H groups in total. The Bertz CT molecular complexity index is 510. The highest BCUT2D eigenvalue weighted by Gasteiger charge is 2.17. The van der Waals surface area contributed by atoms with Crippen LogP contribution < -0.4 is 5.32 Å². The summed E-state index contributed by atoms with van der Waals surface area (Å²) in [5.74, 6) is -3.97. The largest absolute Gasteiger partial charge is 0.452 e. The number of hydrogen-bond donors (Lipinski definition) is 1. The van der Waals surface area contributed by atoms with E-state index in [0.29, 0.717) is 18.7 Å². The molecule has 5 nitrogen and oxygen atoms in total. The fraction of sp³-hybridized carbons (Fsp3) is 0.333. The van der Waals surface area contributed by atoms with E-state index in [-0.39, 0.29) is 17.1 Å². The number of benzene rings is 1. The van der Waals surface area contributed by atoms with Gasteiger partial charge in [0.15, 0.2) is 18.2 Å². The molecule has 110 valence electrons. The number of esters is 1. The van der Waals surface area contributed by atoms with E-state index < -0.39 is 30.1 Å². The maximum Gasteiger partial charge on any atom is 0.340 e. The van der Waals surface area contributed by atoms with Gasteiger partial charge in [-0.1, -0.05) is 11.6 Å². The van der Waals surface area contributed by atoms with Gasteiger partial charge in [-0.3, -0.25) is 4.79 Å². The zero-order chi connectivity index (χ0) is 15.1. The van der Waals surface area contributed by atoms with Crippen molar-refractivity contribution in [1.82, 2.24) is 5.32 Å². The molecule has 0 atom stereocenters.